The van der Waals surface area contributed by atoms with Crippen LogP contribution in [0, 0.1) is 5.92 Å². The topological polar surface area (TPSA) is 134 Å². The molecule has 0 saturated carbocycles. The third kappa shape index (κ3) is 11.0. The lowest BCUT2D eigenvalue weighted by Gasteiger charge is -2.26. The minimum Gasteiger partial charge on any atom is -0.444 e. The van der Waals surface area contributed by atoms with Crippen molar-refractivity contribution in [1.29, 1.82) is 0 Å². The summed E-state index contributed by atoms with van der Waals surface area (Å²) in [5.41, 5.74) is 0.302. The van der Waals surface area contributed by atoms with E-state index in [2.05, 4.69) is 16.0 Å². The number of alkyl carbamates (subject to hydrolysis) is 1. The van der Waals surface area contributed by atoms with Gasteiger partial charge in [0, 0.05) is 0 Å². The van der Waals surface area contributed by atoms with Crippen LogP contribution in [-0.2, 0) is 25.5 Å². The predicted octanol–water partition coefficient (Wildman–Crippen LogP) is 1.72. The summed E-state index contributed by atoms with van der Waals surface area (Å²) in [5.74, 6) is -1.81. The summed E-state index contributed by atoms with van der Waals surface area (Å²) in [7, 11) is 0. The number of aliphatic hydroxyl groups excluding tert-OH is 1. The zero-order chi connectivity index (χ0) is 25.0. The second-order valence-electron chi connectivity index (χ2n) is 9.00. The van der Waals surface area contributed by atoms with Crippen LogP contribution < -0.4 is 16.0 Å². The number of carbonyl (C=O) groups is 4. The van der Waals surface area contributed by atoms with Crippen LogP contribution >= 0.6 is 0 Å². The van der Waals surface area contributed by atoms with Gasteiger partial charge in [-0.3, -0.25) is 14.4 Å². The highest BCUT2D eigenvalue weighted by Gasteiger charge is 2.29. The van der Waals surface area contributed by atoms with Gasteiger partial charge in [0.1, 0.15) is 24.8 Å². The van der Waals surface area contributed by atoms with Crippen molar-refractivity contribution in [2.45, 2.75) is 71.6 Å². The van der Waals surface area contributed by atoms with Crippen LogP contribution in [0.4, 0.5) is 4.79 Å². The van der Waals surface area contributed by atoms with E-state index in [0.29, 0.717) is 19.3 Å². The average molecular weight is 464 g/mol. The molecule has 0 radical (unpaired) electrons. The molecular weight excluding hydrogens is 426 g/mol. The molecule has 9 nitrogen and oxygen atoms in total. The van der Waals surface area contributed by atoms with Gasteiger partial charge in [-0.05, 0) is 45.1 Å². The Balaban J connectivity index is 2.77. The fraction of sp³-hybridized carbons (Fsp3) is 0.583. The molecule has 3 atom stereocenters. The van der Waals surface area contributed by atoms with Gasteiger partial charge in [-0.1, -0.05) is 50.6 Å². The van der Waals surface area contributed by atoms with E-state index in [1.807, 2.05) is 37.3 Å². The fourth-order valence-electron chi connectivity index (χ4n) is 3.03. The third-order valence-corrected chi connectivity index (χ3v) is 5.03. The molecule has 0 fully saturated rings. The smallest absolute Gasteiger partial charge is 0.408 e. The van der Waals surface area contributed by atoms with E-state index in [1.54, 1.807) is 27.7 Å². The first-order valence-corrected chi connectivity index (χ1v) is 11.2. The Morgan fingerprint density at radius 1 is 1.06 bits per heavy atom. The number of hydrogen-bond acceptors (Lipinski definition) is 6. The van der Waals surface area contributed by atoms with Gasteiger partial charge in [0.25, 0.3) is 0 Å². The van der Waals surface area contributed by atoms with Gasteiger partial charge >= 0.3 is 6.09 Å². The summed E-state index contributed by atoms with van der Waals surface area (Å²) in [4.78, 5) is 49.3. The van der Waals surface area contributed by atoms with Crippen molar-refractivity contribution in [2.75, 3.05) is 13.2 Å². The van der Waals surface area contributed by atoms with E-state index in [9.17, 15) is 24.3 Å². The number of amides is 3. The van der Waals surface area contributed by atoms with Gasteiger partial charge in [0.15, 0.2) is 5.78 Å². The Bertz CT molecular complexity index is 791. The predicted molar refractivity (Wildman–Crippen MR) is 124 cm³/mol. The molecule has 0 aliphatic rings. The minimum absolute atomic E-state index is 0.227. The van der Waals surface area contributed by atoms with E-state index in [1.165, 1.54) is 0 Å². The normalized spacial score (nSPS) is 13.9. The number of rotatable bonds is 12. The maximum Gasteiger partial charge on any atom is 0.408 e. The monoisotopic (exact) mass is 463 g/mol. The van der Waals surface area contributed by atoms with Crippen LogP contribution in [0.3, 0.4) is 0 Å². The van der Waals surface area contributed by atoms with Gasteiger partial charge in [0.2, 0.25) is 11.8 Å². The Hall–Kier alpha value is -2.94. The number of ether oxygens (including phenoxy) is 1. The average Bonchev–Trinajstić information content (AvgIpc) is 2.77. The Morgan fingerprint density at radius 3 is 2.24 bits per heavy atom. The van der Waals surface area contributed by atoms with Crippen LogP contribution in [-0.4, -0.2) is 59.6 Å². The van der Waals surface area contributed by atoms with Crippen molar-refractivity contribution in [3.63, 3.8) is 0 Å². The van der Waals surface area contributed by atoms with Crippen molar-refractivity contribution < 1.29 is 29.0 Å². The molecule has 0 bridgehead atoms. The molecular formula is C24H37N3O6. The zero-order valence-electron chi connectivity index (χ0n) is 20.1. The molecule has 184 valence electrons. The summed E-state index contributed by atoms with van der Waals surface area (Å²) in [6.07, 6.45) is 0.714. The lowest BCUT2D eigenvalue weighted by molar-refractivity contribution is -0.133. The quantitative estimate of drug-likeness (QED) is 0.373. The molecule has 3 unspecified atom stereocenters. The van der Waals surface area contributed by atoms with Crippen LogP contribution in [0.1, 0.15) is 53.0 Å². The number of nitrogens with one attached hydrogen (secondary N) is 3. The molecule has 0 spiro atoms. The van der Waals surface area contributed by atoms with Crippen LogP contribution in [0.5, 0.6) is 0 Å². The molecule has 1 aromatic carbocycles. The first-order valence-electron chi connectivity index (χ1n) is 11.2. The highest BCUT2D eigenvalue weighted by atomic mass is 16.6. The Kier molecular flexibility index (Phi) is 11.6. The van der Waals surface area contributed by atoms with E-state index < -0.39 is 48.0 Å². The van der Waals surface area contributed by atoms with Gasteiger partial charge in [0.05, 0.1) is 6.04 Å². The first-order chi connectivity index (χ1) is 15.5. The highest BCUT2D eigenvalue weighted by molar-refractivity contribution is 5.93. The number of Topliss-reactive ketones (excluding diaryl/α,β-unsaturated/α-hetero) is 1. The lowest BCUT2D eigenvalue weighted by Crippen LogP contribution is -2.55. The molecule has 0 heterocycles. The second-order valence-corrected chi connectivity index (χ2v) is 9.00. The third-order valence-electron chi connectivity index (χ3n) is 5.03. The molecule has 0 saturated heterocycles. The number of benzene rings is 1. The molecule has 0 aliphatic heterocycles. The summed E-state index contributed by atoms with van der Waals surface area (Å²) in [5, 5.41) is 17.0. The van der Waals surface area contributed by atoms with Crippen LogP contribution in [0.15, 0.2) is 30.3 Å². The van der Waals surface area contributed by atoms with E-state index in [-0.39, 0.29) is 12.5 Å². The Morgan fingerprint density at radius 2 is 1.70 bits per heavy atom. The van der Waals surface area contributed by atoms with E-state index >= 15 is 0 Å². The van der Waals surface area contributed by atoms with E-state index in [4.69, 9.17) is 4.74 Å². The van der Waals surface area contributed by atoms with Gasteiger partial charge in [-0.25, -0.2) is 4.79 Å². The van der Waals surface area contributed by atoms with Crippen LogP contribution in [0.2, 0.25) is 0 Å². The molecule has 0 aromatic heterocycles. The number of aryl methyl sites for hydroxylation is 1. The van der Waals surface area contributed by atoms with Crippen molar-refractivity contribution >= 4 is 23.7 Å². The molecule has 33 heavy (non-hydrogen) atoms. The van der Waals surface area contributed by atoms with Crippen molar-refractivity contribution in [3.05, 3.63) is 35.9 Å². The number of hydrogen-bond donors (Lipinski definition) is 4. The maximum atomic E-state index is 13.0. The minimum atomic E-state index is -0.909. The first kappa shape index (κ1) is 28.1. The fourth-order valence-corrected chi connectivity index (χ4v) is 3.03. The summed E-state index contributed by atoms with van der Waals surface area (Å²) in [6, 6.07) is 7.70. The second kappa shape index (κ2) is 13.6. The summed E-state index contributed by atoms with van der Waals surface area (Å²) in [6.45, 7) is 7.75. The summed E-state index contributed by atoms with van der Waals surface area (Å²) >= 11 is 0. The Labute approximate surface area is 195 Å². The number of aliphatic hydroxyl groups is 1. The van der Waals surface area contributed by atoms with Gasteiger partial charge in [-0.2, -0.15) is 0 Å². The van der Waals surface area contributed by atoms with E-state index in [0.717, 1.165) is 5.56 Å². The highest BCUT2D eigenvalue weighted by Crippen LogP contribution is 2.11. The SMILES string of the molecule is CCC(C)C(NC(=O)CNC(=O)OC(C)(C)C)C(=O)NC(CCc1ccccc1)C(=O)CO. The lowest BCUT2D eigenvalue weighted by atomic mass is 9.96. The van der Waals surface area contributed by atoms with Crippen molar-refractivity contribution in [1.82, 2.24) is 16.0 Å². The summed E-state index contributed by atoms with van der Waals surface area (Å²) < 4.78 is 5.09. The molecule has 1 rings (SSSR count). The van der Waals surface area contributed by atoms with Crippen LogP contribution in [0.25, 0.3) is 0 Å². The molecule has 0 aliphatic carbocycles. The number of carbonyl (C=O) groups excluding carboxylic acids is 4. The molecule has 4 N–H and O–H groups in total. The molecule has 9 heteroatoms. The zero-order valence-corrected chi connectivity index (χ0v) is 20.1. The maximum absolute atomic E-state index is 13.0. The molecule has 1 aromatic rings. The van der Waals surface area contributed by atoms with Gasteiger partial charge < -0.3 is 25.8 Å². The largest absolute Gasteiger partial charge is 0.444 e. The van der Waals surface area contributed by atoms with Crippen molar-refractivity contribution in [2.24, 2.45) is 5.92 Å². The van der Waals surface area contributed by atoms with Gasteiger partial charge in [-0.15, -0.1) is 0 Å². The molecule has 3 amide bonds. The van der Waals surface area contributed by atoms with Crippen molar-refractivity contribution in [3.8, 4) is 0 Å². The number of ketones is 1. The standard InChI is InChI=1S/C24H37N3O6/c1-6-16(2)21(27-20(30)14-25-23(32)33-24(3,4)5)22(31)26-18(19(29)15-28)13-12-17-10-8-7-9-11-17/h7-11,16,18,21,28H,6,12-15H2,1-5H3,(H,25,32)(H,26,31)(H,27,30).